The van der Waals surface area contributed by atoms with Crippen LogP contribution in [0.5, 0.6) is 0 Å². The van der Waals surface area contributed by atoms with Crippen molar-refractivity contribution in [1.82, 2.24) is 0 Å². The Hall–Kier alpha value is -2.22. The molecule has 7 heteroatoms. The molecule has 0 fully saturated rings. The topological polar surface area (TPSA) is 74.2 Å². The van der Waals surface area contributed by atoms with Crippen LogP contribution in [0.15, 0.2) is 52.3 Å². The largest absolute Gasteiger partial charge is 0.748 e. The Kier molecular flexibility index (Phi) is 4.30. The van der Waals surface area contributed by atoms with Gasteiger partial charge in [0, 0.05) is 33.9 Å². The van der Waals surface area contributed by atoms with E-state index in [4.69, 9.17) is 4.42 Å². The van der Waals surface area contributed by atoms with Crippen LogP contribution in [0.1, 0.15) is 12.3 Å². The van der Waals surface area contributed by atoms with E-state index in [0.717, 1.165) is 16.7 Å². The van der Waals surface area contributed by atoms with E-state index >= 15 is 0 Å². The SMILES string of the molecule is Cc1oc2ccc(-c3csc4ccccc34)cc2[n+]1CCCS(=O)(=O)[O-]. The molecule has 0 unspecified atom stereocenters. The molecule has 0 aliphatic heterocycles. The van der Waals surface area contributed by atoms with Crippen molar-refractivity contribution < 1.29 is 22.0 Å². The van der Waals surface area contributed by atoms with Crippen LogP contribution in [-0.2, 0) is 16.7 Å². The van der Waals surface area contributed by atoms with Crippen LogP contribution >= 0.6 is 11.3 Å². The van der Waals surface area contributed by atoms with E-state index in [-0.39, 0.29) is 12.2 Å². The average Bonchev–Trinajstić information content (AvgIpc) is 3.15. The van der Waals surface area contributed by atoms with E-state index in [2.05, 4.69) is 23.6 Å². The summed E-state index contributed by atoms with van der Waals surface area (Å²) in [5.41, 5.74) is 3.90. The molecule has 0 N–H and O–H groups in total. The maximum absolute atomic E-state index is 10.9. The first-order valence-corrected chi connectivity index (χ1v) is 10.7. The van der Waals surface area contributed by atoms with Crippen molar-refractivity contribution in [2.45, 2.75) is 19.9 Å². The summed E-state index contributed by atoms with van der Waals surface area (Å²) in [6.45, 7) is 2.26. The van der Waals surface area contributed by atoms with Crippen molar-refractivity contribution in [1.29, 1.82) is 0 Å². The van der Waals surface area contributed by atoms with Crippen molar-refractivity contribution in [3.8, 4) is 11.1 Å². The Morgan fingerprint density at radius 1 is 1.19 bits per heavy atom. The molecule has 5 nitrogen and oxygen atoms in total. The van der Waals surface area contributed by atoms with E-state index < -0.39 is 10.1 Å². The molecule has 0 saturated heterocycles. The quantitative estimate of drug-likeness (QED) is 0.385. The minimum Gasteiger partial charge on any atom is -0.748 e. The van der Waals surface area contributed by atoms with E-state index in [1.807, 2.05) is 35.8 Å². The van der Waals surface area contributed by atoms with Crippen LogP contribution < -0.4 is 4.57 Å². The highest BCUT2D eigenvalue weighted by atomic mass is 32.2. The molecule has 0 saturated carbocycles. The van der Waals surface area contributed by atoms with Crippen molar-refractivity contribution in [3.05, 3.63) is 53.7 Å². The Labute approximate surface area is 155 Å². The zero-order valence-corrected chi connectivity index (χ0v) is 15.8. The van der Waals surface area contributed by atoms with Gasteiger partial charge in [-0.25, -0.2) is 8.42 Å². The predicted molar refractivity (Wildman–Crippen MR) is 101 cm³/mol. The lowest BCUT2D eigenvalue weighted by molar-refractivity contribution is -0.682. The fourth-order valence-corrected chi connectivity index (χ4v) is 4.70. The van der Waals surface area contributed by atoms with Gasteiger partial charge in [0.05, 0.1) is 17.0 Å². The second-order valence-corrected chi connectivity index (χ2v) is 8.65. The summed E-state index contributed by atoms with van der Waals surface area (Å²) in [5, 5.41) is 3.36. The van der Waals surface area contributed by atoms with Crippen molar-refractivity contribution in [2.75, 3.05) is 5.75 Å². The molecule has 0 spiro atoms. The number of rotatable bonds is 5. The molecule has 2 aromatic heterocycles. The first kappa shape index (κ1) is 17.2. The minimum absolute atomic E-state index is 0.261. The van der Waals surface area contributed by atoms with Crippen LogP contribution in [0.4, 0.5) is 0 Å². The van der Waals surface area contributed by atoms with Gasteiger partial charge in [0.2, 0.25) is 5.58 Å². The highest BCUT2D eigenvalue weighted by Gasteiger charge is 2.20. The van der Waals surface area contributed by atoms with Gasteiger partial charge in [0.1, 0.15) is 0 Å². The van der Waals surface area contributed by atoms with E-state index in [0.29, 0.717) is 12.4 Å². The lowest BCUT2D eigenvalue weighted by Gasteiger charge is -2.04. The Morgan fingerprint density at radius 2 is 2.00 bits per heavy atom. The first-order valence-electron chi connectivity index (χ1n) is 8.25. The third kappa shape index (κ3) is 3.25. The highest BCUT2D eigenvalue weighted by Crippen LogP contribution is 2.34. The number of nitrogens with zero attached hydrogens (tertiary/aromatic N) is 1. The zero-order chi connectivity index (χ0) is 18.3. The smallest absolute Gasteiger partial charge is 0.344 e. The molecule has 0 amide bonds. The molecule has 26 heavy (non-hydrogen) atoms. The normalized spacial score (nSPS) is 12.2. The van der Waals surface area contributed by atoms with Crippen LogP contribution in [0.2, 0.25) is 0 Å². The van der Waals surface area contributed by atoms with Gasteiger partial charge in [-0.1, -0.05) is 24.3 Å². The molecule has 0 aliphatic carbocycles. The number of oxazole rings is 1. The van der Waals surface area contributed by atoms with Crippen LogP contribution in [0.3, 0.4) is 0 Å². The average molecular weight is 387 g/mol. The van der Waals surface area contributed by atoms with E-state index in [1.54, 1.807) is 11.3 Å². The molecule has 2 aromatic carbocycles. The lowest BCUT2D eigenvalue weighted by Crippen LogP contribution is -2.36. The van der Waals surface area contributed by atoms with Gasteiger partial charge >= 0.3 is 5.89 Å². The maximum Gasteiger partial charge on any atom is 0.344 e. The third-order valence-corrected chi connectivity index (χ3v) is 6.21. The summed E-state index contributed by atoms with van der Waals surface area (Å²) in [7, 11) is -4.20. The highest BCUT2D eigenvalue weighted by molar-refractivity contribution is 7.85. The summed E-state index contributed by atoms with van der Waals surface area (Å²) in [6, 6.07) is 14.3. The fourth-order valence-electron chi connectivity index (χ4n) is 3.24. The molecule has 0 atom stereocenters. The molecule has 4 rings (SSSR count). The lowest BCUT2D eigenvalue weighted by atomic mass is 10.0. The number of hydrogen-bond acceptors (Lipinski definition) is 5. The predicted octanol–water partition coefficient (Wildman–Crippen LogP) is 3.85. The second kappa shape index (κ2) is 6.50. The number of hydrogen-bond donors (Lipinski definition) is 0. The molecule has 0 bridgehead atoms. The Bertz CT molecular complexity index is 1200. The monoisotopic (exact) mass is 387 g/mol. The minimum atomic E-state index is -4.20. The van der Waals surface area contributed by atoms with Gasteiger partial charge in [-0.2, -0.15) is 4.57 Å². The van der Waals surface area contributed by atoms with Crippen LogP contribution in [-0.4, -0.2) is 18.7 Å². The van der Waals surface area contributed by atoms with Gasteiger partial charge in [-0.3, -0.25) is 0 Å². The number of aromatic nitrogens is 1. The number of fused-ring (bicyclic) bond motifs is 2. The molecule has 134 valence electrons. The van der Waals surface area contributed by atoms with Gasteiger partial charge in [-0.15, -0.1) is 11.3 Å². The van der Waals surface area contributed by atoms with E-state index in [9.17, 15) is 13.0 Å². The molecule has 0 radical (unpaired) electrons. The van der Waals surface area contributed by atoms with Crippen molar-refractivity contribution in [2.24, 2.45) is 0 Å². The van der Waals surface area contributed by atoms with Gasteiger partial charge in [0.25, 0.3) is 5.52 Å². The maximum atomic E-state index is 10.9. The number of thiophene rings is 1. The second-order valence-electron chi connectivity index (χ2n) is 6.22. The molecular weight excluding hydrogens is 370 g/mol. The first-order chi connectivity index (χ1) is 12.4. The van der Waals surface area contributed by atoms with Gasteiger partial charge in [0.15, 0.2) is 6.54 Å². The van der Waals surface area contributed by atoms with Gasteiger partial charge in [-0.05, 0) is 23.1 Å². The number of benzene rings is 2. The number of aryl methyl sites for hydroxylation is 2. The standard InChI is InChI=1S/C19H17NO4S2/c1-13-20(9-4-10-26(21,22)23)17-11-14(7-8-18(17)24-13)16-12-25-19-6-3-2-5-15(16)19/h2-3,5-8,11-12H,4,9-10H2,1H3. The molecular formula is C19H17NO4S2. The summed E-state index contributed by atoms with van der Waals surface area (Å²) < 4.78 is 41.5. The summed E-state index contributed by atoms with van der Waals surface area (Å²) in [6.07, 6.45) is 0.261. The Morgan fingerprint density at radius 3 is 2.81 bits per heavy atom. The molecule has 0 aliphatic rings. The summed E-state index contributed by atoms with van der Waals surface area (Å²) in [5.74, 6) is 0.316. The Balaban J connectivity index is 1.75. The third-order valence-electron chi connectivity index (χ3n) is 4.46. The van der Waals surface area contributed by atoms with Crippen LogP contribution in [0, 0.1) is 6.92 Å². The van der Waals surface area contributed by atoms with E-state index in [1.165, 1.54) is 15.6 Å². The van der Waals surface area contributed by atoms with Gasteiger partial charge < -0.3 is 8.97 Å². The summed E-state index contributed by atoms with van der Waals surface area (Å²) in [4.78, 5) is 0. The molecule has 2 heterocycles. The van der Waals surface area contributed by atoms with Crippen LogP contribution in [0.25, 0.3) is 32.3 Å². The van der Waals surface area contributed by atoms with Crippen molar-refractivity contribution >= 4 is 42.6 Å². The zero-order valence-electron chi connectivity index (χ0n) is 14.1. The molecule has 4 aromatic rings. The fraction of sp³-hybridized carbons (Fsp3) is 0.211. The van der Waals surface area contributed by atoms with Crippen molar-refractivity contribution in [3.63, 3.8) is 0 Å². The summed E-state index contributed by atoms with van der Waals surface area (Å²) >= 11 is 1.71.